The molecule has 1 saturated carbocycles. The van der Waals surface area contributed by atoms with Crippen molar-refractivity contribution in [2.75, 3.05) is 0 Å². The molecule has 118 valence electrons. The number of hydrogen-bond acceptors (Lipinski definition) is 0. The lowest BCUT2D eigenvalue weighted by atomic mass is 9.81. The van der Waals surface area contributed by atoms with E-state index in [-0.39, 0.29) is 9.52 Å². The van der Waals surface area contributed by atoms with Crippen molar-refractivity contribution in [1.29, 1.82) is 0 Å². The molecule has 22 heavy (non-hydrogen) atoms. The fourth-order valence-electron chi connectivity index (χ4n) is 4.58. The highest BCUT2D eigenvalue weighted by atomic mass is 28.2. The van der Waals surface area contributed by atoms with Crippen molar-refractivity contribution >= 4 is 14.7 Å². The van der Waals surface area contributed by atoms with Gasteiger partial charge in [0.25, 0.3) is 0 Å². The first-order chi connectivity index (χ1) is 10.6. The molecule has 1 unspecified atom stereocenters. The van der Waals surface area contributed by atoms with E-state index in [1.807, 2.05) is 0 Å². The average molecular weight is 311 g/mol. The maximum Gasteiger partial charge on any atom is 0.0702 e. The lowest BCUT2D eigenvalue weighted by Crippen LogP contribution is -2.28. The minimum absolute atomic E-state index is 0.323. The van der Waals surface area contributed by atoms with Gasteiger partial charge in [-0.1, -0.05) is 91.8 Å². The summed E-state index contributed by atoms with van der Waals surface area (Å²) >= 11 is 0. The van der Waals surface area contributed by atoms with Gasteiger partial charge >= 0.3 is 0 Å². The molecule has 0 nitrogen and oxygen atoms in total. The third-order valence-electron chi connectivity index (χ3n) is 5.90. The predicted molar refractivity (Wildman–Crippen MR) is 101 cm³/mol. The molecular formula is C21H30Si. The lowest BCUT2D eigenvalue weighted by molar-refractivity contribution is 0.351. The van der Waals surface area contributed by atoms with Crippen molar-refractivity contribution in [2.45, 2.75) is 64.3 Å². The van der Waals surface area contributed by atoms with Gasteiger partial charge in [-0.2, -0.15) is 0 Å². The Morgan fingerprint density at radius 2 is 1.73 bits per heavy atom. The van der Waals surface area contributed by atoms with Crippen molar-refractivity contribution in [2.24, 2.45) is 5.92 Å². The van der Waals surface area contributed by atoms with Gasteiger partial charge in [-0.05, 0) is 31.8 Å². The van der Waals surface area contributed by atoms with Crippen LogP contribution in [0.1, 0.15) is 59.3 Å². The van der Waals surface area contributed by atoms with Gasteiger partial charge in [0.05, 0.1) is 9.52 Å². The predicted octanol–water partition coefficient (Wildman–Crippen LogP) is 4.91. The van der Waals surface area contributed by atoms with E-state index in [9.17, 15) is 0 Å². The molecule has 0 bridgehead atoms. The number of rotatable bonds is 4. The maximum absolute atomic E-state index is 2.60. The van der Waals surface area contributed by atoms with Crippen LogP contribution in [-0.2, 0) is 0 Å². The van der Waals surface area contributed by atoms with Crippen molar-refractivity contribution in [3.63, 3.8) is 0 Å². The standard InChI is InChI=1S/C21H30Si/c1-16-15-21(3,22-19-12-8-5-9-13-19)20(17(16)2)14-18-10-6-4-7-11-18/h5,8-9,12-13,15,18H,4,6-7,10-11,14,22H2,1-3H3. The molecule has 1 fully saturated rings. The molecule has 2 aliphatic rings. The van der Waals surface area contributed by atoms with E-state index in [0.717, 1.165) is 5.92 Å². The smallest absolute Gasteiger partial charge is 0.0702 e. The molecule has 1 heteroatoms. The minimum atomic E-state index is -0.323. The van der Waals surface area contributed by atoms with Crippen LogP contribution in [0.5, 0.6) is 0 Å². The van der Waals surface area contributed by atoms with Gasteiger partial charge in [0, 0.05) is 5.04 Å². The summed E-state index contributed by atoms with van der Waals surface area (Å²) in [6.45, 7) is 7.21. The molecule has 1 aromatic carbocycles. The van der Waals surface area contributed by atoms with Gasteiger partial charge < -0.3 is 0 Å². The summed E-state index contributed by atoms with van der Waals surface area (Å²) in [6.07, 6.45) is 11.2. The molecule has 0 saturated heterocycles. The Morgan fingerprint density at radius 3 is 2.41 bits per heavy atom. The summed E-state index contributed by atoms with van der Waals surface area (Å²) in [4.78, 5) is 0. The Labute approximate surface area is 138 Å². The first-order valence-corrected chi connectivity index (χ1v) is 10.4. The fraction of sp³-hybridized carbons (Fsp3) is 0.524. The second kappa shape index (κ2) is 6.58. The van der Waals surface area contributed by atoms with E-state index < -0.39 is 0 Å². The molecule has 0 N–H and O–H groups in total. The summed E-state index contributed by atoms with van der Waals surface area (Å²) in [6, 6.07) is 11.2. The van der Waals surface area contributed by atoms with Crippen LogP contribution < -0.4 is 5.19 Å². The molecule has 1 atom stereocenters. The van der Waals surface area contributed by atoms with Crippen LogP contribution >= 0.6 is 0 Å². The second-order valence-corrected chi connectivity index (χ2v) is 10.4. The van der Waals surface area contributed by atoms with Crippen molar-refractivity contribution in [1.82, 2.24) is 0 Å². The Balaban J connectivity index is 1.82. The molecule has 0 spiro atoms. The molecule has 2 aliphatic carbocycles. The Kier molecular flexibility index (Phi) is 4.72. The molecule has 0 aliphatic heterocycles. The van der Waals surface area contributed by atoms with Crippen LogP contribution in [0.4, 0.5) is 0 Å². The van der Waals surface area contributed by atoms with Crippen molar-refractivity contribution in [3.05, 3.63) is 53.1 Å². The monoisotopic (exact) mass is 310 g/mol. The molecule has 0 amide bonds. The summed E-state index contributed by atoms with van der Waals surface area (Å²) in [5, 5.41) is 1.97. The first kappa shape index (κ1) is 15.8. The highest BCUT2D eigenvalue weighted by molar-refractivity contribution is 6.58. The quantitative estimate of drug-likeness (QED) is 0.693. The zero-order valence-electron chi connectivity index (χ0n) is 14.5. The Hall–Kier alpha value is -1.08. The highest BCUT2D eigenvalue weighted by Gasteiger charge is 2.35. The Morgan fingerprint density at radius 1 is 1.05 bits per heavy atom. The number of allylic oxidation sites excluding steroid dienone is 4. The van der Waals surface area contributed by atoms with Crippen LogP contribution in [0.3, 0.4) is 0 Å². The molecular weight excluding hydrogens is 280 g/mol. The molecule has 0 aromatic heterocycles. The normalized spacial score (nSPS) is 27.0. The lowest BCUT2D eigenvalue weighted by Gasteiger charge is -2.31. The van der Waals surface area contributed by atoms with Gasteiger partial charge in [-0.25, -0.2) is 0 Å². The van der Waals surface area contributed by atoms with E-state index in [0.29, 0.717) is 5.04 Å². The molecule has 0 radical (unpaired) electrons. The van der Waals surface area contributed by atoms with Crippen molar-refractivity contribution < 1.29 is 0 Å². The topological polar surface area (TPSA) is 0 Å². The van der Waals surface area contributed by atoms with E-state index in [2.05, 4.69) is 57.2 Å². The van der Waals surface area contributed by atoms with Gasteiger partial charge in [0.2, 0.25) is 0 Å². The van der Waals surface area contributed by atoms with Crippen molar-refractivity contribution in [3.8, 4) is 0 Å². The van der Waals surface area contributed by atoms with Gasteiger partial charge in [-0.15, -0.1) is 0 Å². The summed E-state index contributed by atoms with van der Waals surface area (Å²) < 4.78 is 0. The third-order valence-corrected chi connectivity index (χ3v) is 8.15. The van der Waals surface area contributed by atoms with Gasteiger partial charge in [0.15, 0.2) is 0 Å². The number of hydrogen-bond donors (Lipinski definition) is 0. The maximum atomic E-state index is 2.60. The van der Waals surface area contributed by atoms with Crippen LogP contribution in [0.15, 0.2) is 53.1 Å². The second-order valence-electron chi connectivity index (χ2n) is 7.72. The van der Waals surface area contributed by atoms with Crippen LogP contribution in [0.25, 0.3) is 0 Å². The fourth-order valence-corrected chi connectivity index (χ4v) is 6.97. The third kappa shape index (κ3) is 3.30. The number of benzene rings is 1. The summed E-state index contributed by atoms with van der Waals surface area (Å²) in [5.74, 6) is 0.946. The first-order valence-electron chi connectivity index (χ1n) is 9.02. The van der Waals surface area contributed by atoms with Gasteiger partial charge in [0.1, 0.15) is 0 Å². The zero-order chi connectivity index (χ0) is 15.6. The van der Waals surface area contributed by atoms with E-state index in [1.165, 1.54) is 44.1 Å². The Bertz CT molecular complexity index is 575. The minimum Gasteiger partial charge on any atom is -0.0744 e. The van der Waals surface area contributed by atoms with E-state index in [1.54, 1.807) is 16.3 Å². The molecule has 0 heterocycles. The average Bonchev–Trinajstić information content (AvgIpc) is 2.73. The zero-order valence-corrected chi connectivity index (χ0v) is 15.9. The van der Waals surface area contributed by atoms with Crippen LogP contribution in [-0.4, -0.2) is 9.52 Å². The largest absolute Gasteiger partial charge is 0.0744 e. The summed E-state index contributed by atoms with van der Waals surface area (Å²) in [5.41, 5.74) is 4.93. The van der Waals surface area contributed by atoms with Crippen LogP contribution in [0.2, 0.25) is 5.04 Å². The molecule has 1 aromatic rings. The summed E-state index contributed by atoms with van der Waals surface area (Å²) in [7, 11) is -0.323. The van der Waals surface area contributed by atoms with E-state index in [4.69, 9.17) is 0 Å². The highest BCUT2D eigenvalue weighted by Crippen LogP contribution is 2.49. The van der Waals surface area contributed by atoms with Crippen LogP contribution in [0, 0.1) is 5.92 Å². The molecule has 3 rings (SSSR count). The van der Waals surface area contributed by atoms with Gasteiger partial charge in [-0.3, -0.25) is 0 Å². The SMILES string of the molecule is CC1=CC(C)([SiH2]c2ccccc2)C(CC2CCCCC2)=C1C. The van der Waals surface area contributed by atoms with E-state index >= 15 is 0 Å².